The second-order valence-electron chi connectivity index (χ2n) is 13.3. The summed E-state index contributed by atoms with van der Waals surface area (Å²) in [7, 11) is -0.259. The van der Waals surface area contributed by atoms with Gasteiger partial charge < -0.3 is 0 Å². The van der Waals surface area contributed by atoms with Gasteiger partial charge >= 0.3 is 0 Å². The summed E-state index contributed by atoms with van der Waals surface area (Å²) in [4.78, 5) is 0. The summed E-state index contributed by atoms with van der Waals surface area (Å²) in [6.07, 6.45) is 15.5. The van der Waals surface area contributed by atoms with Gasteiger partial charge in [-0.05, 0) is 68.1 Å². The monoisotopic (exact) mass is 468 g/mol. The van der Waals surface area contributed by atoms with Crippen LogP contribution < -0.4 is 0 Å². The van der Waals surface area contributed by atoms with Crippen LogP contribution >= 0.6 is 0 Å². The first-order chi connectivity index (χ1) is 16.1. The Labute approximate surface area is 210 Å². The van der Waals surface area contributed by atoms with E-state index in [4.69, 9.17) is 0 Å². The third kappa shape index (κ3) is 4.53. The Morgan fingerprint density at radius 1 is 0.735 bits per heavy atom. The van der Waals surface area contributed by atoms with Gasteiger partial charge in [0.15, 0.2) is 0 Å². The van der Waals surface area contributed by atoms with E-state index in [1.165, 1.54) is 60.8 Å². The van der Waals surface area contributed by atoms with Crippen LogP contribution in [0.1, 0.15) is 108 Å². The maximum Gasteiger partial charge on any atom is 0.0327 e. The third-order valence-electron chi connectivity index (χ3n) is 8.81. The molecule has 34 heavy (non-hydrogen) atoms. The van der Waals surface area contributed by atoms with Gasteiger partial charge in [-0.25, -0.2) is 0 Å². The lowest BCUT2D eigenvalue weighted by molar-refractivity contribution is 0.539. The van der Waals surface area contributed by atoms with Crippen molar-refractivity contribution in [1.82, 2.24) is 0 Å². The molecule has 0 aromatic heterocycles. The van der Waals surface area contributed by atoms with E-state index >= 15 is 0 Å². The molecule has 2 unspecified atom stereocenters. The Morgan fingerprint density at radius 2 is 1.32 bits per heavy atom. The first kappa shape index (κ1) is 23.9. The summed E-state index contributed by atoms with van der Waals surface area (Å²) in [6.45, 7) is 14.2. The molecule has 180 valence electrons. The van der Waals surface area contributed by atoms with Crippen LogP contribution in [0.5, 0.6) is 0 Å². The number of benzene rings is 2. The molecule has 3 aliphatic rings. The van der Waals surface area contributed by atoms with Crippen LogP contribution in [0.3, 0.4) is 0 Å². The maximum absolute atomic E-state index is 2.61. The van der Waals surface area contributed by atoms with Crippen molar-refractivity contribution in [3.8, 4) is 11.1 Å². The first-order valence-electron chi connectivity index (χ1n) is 13.8. The fourth-order valence-electron chi connectivity index (χ4n) is 6.72. The highest BCUT2D eigenvalue weighted by Gasteiger charge is 2.38. The molecule has 0 N–H and O–H groups in total. The van der Waals surface area contributed by atoms with Gasteiger partial charge in [0, 0.05) is 15.4 Å². The highest BCUT2D eigenvalue weighted by atomic mass is 28.2. The minimum atomic E-state index is -0.259. The molecule has 0 spiro atoms. The van der Waals surface area contributed by atoms with Crippen LogP contribution in [0.25, 0.3) is 11.1 Å². The van der Waals surface area contributed by atoms with E-state index in [1.54, 1.807) is 16.7 Å². The normalized spacial score (nSPS) is 24.0. The number of hydrogen-bond donors (Lipinski definition) is 0. The van der Waals surface area contributed by atoms with Gasteiger partial charge in [0.2, 0.25) is 0 Å². The fourth-order valence-corrected chi connectivity index (χ4v) is 9.89. The molecular formula is C33H44Si. The second-order valence-corrected chi connectivity index (χ2v) is 15.8. The molecule has 5 rings (SSSR count). The summed E-state index contributed by atoms with van der Waals surface area (Å²) in [5, 5.41) is 0. The predicted molar refractivity (Wildman–Crippen MR) is 152 cm³/mol. The smallest absolute Gasteiger partial charge is 0.0327 e. The lowest BCUT2D eigenvalue weighted by Gasteiger charge is -2.33. The van der Waals surface area contributed by atoms with E-state index in [9.17, 15) is 0 Å². The highest BCUT2D eigenvalue weighted by Crippen LogP contribution is 2.54. The Morgan fingerprint density at radius 3 is 1.85 bits per heavy atom. The lowest BCUT2D eigenvalue weighted by atomic mass is 9.82. The van der Waals surface area contributed by atoms with Gasteiger partial charge in [-0.1, -0.05) is 127 Å². The molecule has 0 saturated carbocycles. The van der Waals surface area contributed by atoms with Crippen molar-refractivity contribution in [1.29, 1.82) is 0 Å². The van der Waals surface area contributed by atoms with Crippen LogP contribution in [0.4, 0.5) is 0 Å². The lowest BCUT2D eigenvalue weighted by Crippen LogP contribution is -2.21. The van der Waals surface area contributed by atoms with Gasteiger partial charge in [-0.2, -0.15) is 0 Å². The Hall–Kier alpha value is -1.86. The Bertz CT molecular complexity index is 1050. The Balaban J connectivity index is 1.62. The van der Waals surface area contributed by atoms with Gasteiger partial charge in [-0.3, -0.25) is 0 Å². The molecule has 1 heterocycles. The van der Waals surface area contributed by atoms with Crippen molar-refractivity contribution in [3.05, 3.63) is 82.5 Å². The average molecular weight is 469 g/mol. The fraction of sp³-hybridized carbons (Fsp3) is 0.515. The van der Waals surface area contributed by atoms with E-state index in [0.29, 0.717) is 5.92 Å². The molecule has 2 aromatic rings. The van der Waals surface area contributed by atoms with Crippen LogP contribution in [-0.2, 0) is 10.8 Å². The van der Waals surface area contributed by atoms with Crippen molar-refractivity contribution < 1.29 is 0 Å². The Kier molecular flexibility index (Phi) is 6.30. The van der Waals surface area contributed by atoms with Crippen LogP contribution in [0.15, 0.2) is 60.2 Å². The van der Waals surface area contributed by atoms with E-state index in [0.717, 1.165) is 11.1 Å². The van der Waals surface area contributed by atoms with E-state index in [1.807, 2.05) is 0 Å². The number of hydrogen-bond acceptors (Lipinski definition) is 0. The van der Waals surface area contributed by atoms with Gasteiger partial charge in [0.25, 0.3) is 0 Å². The van der Waals surface area contributed by atoms with Crippen molar-refractivity contribution in [2.45, 2.75) is 108 Å². The summed E-state index contributed by atoms with van der Waals surface area (Å²) < 4.78 is 0. The maximum atomic E-state index is 2.61. The highest BCUT2D eigenvalue weighted by molar-refractivity contribution is 6.41. The molecule has 0 radical (unpaired) electrons. The zero-order valence-corrected chi connectivity index (χ0v) is 23.8. The predicted octanol–water partition coefficient (Wildman–Crippen LogP) is 8.99. The third-order valence-corrected chi connectivity index (χ3v) is 11.8. The SMILES string of the molecule is CC(C)(C)c1ccc2c(c1)C(C1CCCCCC(C3=CC=CC3)[SiH2]1)c1cc(C(C)(C)C)ccc1-2. The molecule has 2 atom stereocenters. The van der Waals surface area contributed by atoms with E-state index in [2.05, 4.69) is 96.2 Å². The molecule has 0 nitrogen and oxygen atoms in total. The largest absolute Gasteiger partial charge is 0.0805 e. The summed E-state index contributed by atoms with van der Waals surface area (Å²) >= 11 is 0. The average Bonchev–Trinajstić information content (AvgIpc) is 3.38. The zero-order valence-electron chi connectivity index (χ0n) is 22.4. The molecular weight excluding hydrogens is 424 g/mol. The second kappa shape index (κ2) is 8.97. The minimum Gasteiger partial charge on any atom is -0.0805 e. The standard InChI is InChI=1S/C33H44Si/c1-32(2,3)23-16-18-25-26-19-17-24(33(4,5)6)21-28(26)31(27(25)20-23)30-15-9-7-8-14-29(34-30)22-12-10-11-13-22/h10-12,16-21,29-31H,7-9,13-15,34H2,1-6H3. The van der Waals surface area contributed by atoms with Crippen LogP contribution in [0.2, 0.25) is 11.1 Å². The van der Waals surface area contributed by atoms with Crippen molar-refractivity contribution in [3.63, 3.8) is 0 Å². The number of fused-ring (bicyclic) bond motifs is 3. The van der Waals surface area contributed by atoms with Crippen LogP contribution in [-0.4, -0.2) is 9.52 Å². The summed E-state index contributed by atoms with van der Waals surface area (Å²) in [5.41, 5.74) is 13.2. The van der Waals surface area contributed by atoms with Gasteiger partial charge in [-0.15, -0.1) is 0 Å². The minimum absolute atomic E-state index is 0.187. The molecule has 0 bridgehead atoms. The molecule has 1 fully saturated rings. The zero-order chi connectivity index (χ0) is 24.1. The molecule has 2 aliphatic carbocycles. The van der Waals surface area contributed by atoms with E-state index in [-0.39, 0.29) is 20.3 Å². The van der Waals surface area contributed by atoms with E-state index < -0.39 is 0 Å². The van der Waals surface area contributed by atoms with Crippen molar-refractivity contribution in [2.24, 2.45) is 0 Å². The van der Waals surface area contributed by atoms with Crippen LogP contribution in [0, 0.1) is 0 Å². The molecule has 1 saturated heterocycles. The topological polar surface area (TPSA) is 0 Å². The number of rotatable bonds is 2. The number of allylic oxidation sites excluding steroid dienone is 4. The quantitative estimate of drug-likeness (QED) is 0.386. The molecule has 0 amide bonds. The summed E-state index contributed by atoms with van der Waals surface area (Å²) in [6, 6.07) is 14.9. The molecule has 2 aromatic carbocycles. The van der Waals surface area contributed by atoms with Gasteiger partial charge in [0.1, 0.15) is 0 Å². The molecule has 1 heteroatoms. The van der Waals surface area contributed by atoms with Crippen molar-refractivity contribution in [2.75, 3.05) is 0 Å². The first-order valence-corrected chi connectivity index (χ1v) is 15.4. The van der Waals surface area contributed by atoms with Gasteiger partial charge in [0.05, 0.1) is 0 Å². The molecule has 1 aliphatic heterocycles. The van der Waals surface area contributed by atoms with Crippen molar-refractivity contribution >= 4 is 9.52 Å². The summed E-state index contributed by atoms with van der Waals surface area (Å²) in [5.74, 6) is 0.594.